The molecule has 0 bridgehead atoms. The summed E-state index contributed by atoms with van der Waals surface area (Å²) in [6, 6.07) is 110. The Morgan fingerprint density at radius 3 is 1.14 bits per heavy atom. The average molecular weight is 1370 g/mol. The second-order valence-electron chi connectivity index (χ2n) is 26.6. The number of hydrogen-bond acceptors (Lipinski definition) is 8. The van der Waals surface area contributed by atoms with Crippen molar-refractivity contribution in [3.8, 4) is 34.4 Å². The third kappa shape index (κ3) is 8.02. The van der Waals surface area contributed by atoms with Gasteiger partial charge < -0.3 is 0 Å². The predicted octanol–water partition coefficient (Wildman–Crippen LogP) is 26.9. The Morgan fingerprint density at radius 2 is 0.588 bits per heavy atom. The number of para-hydroxylation sites is 2. The molecule has 8 aromatic heterocycles. The maximum Gasteiger partial charge on any atom is 0.235 e. The summed E-state index contributed by atoms with van der Waals surface area (Å²) in [6.07, 6.45) is 0. The monoisotopic (exact) mass is 1370 g/mol. The molecule has 0 amide bonds. The van der Waals surface area contributed by atoms with Crippen molar-refractivity contribution in [2.45, 2.75) is 0 Å². The van der Waals surface area contributed by atoms with Gasteiger partial charge in [0.2, 0.25) is 11.9 Å². The van der Waals surface area contributed by atoms with Crippen LogP contribution in [0.2, 0.25) is 0 Å². The van der Waals surface area contributed by atoms with Gasteiger partial charge in [0.25, 0.3) is 0 Å². The van der Waals surface area contributed by atoms with Crippen molar-refractivity contribution in [1.29, 1.82) is 0 Å². The SMILES string of the molecule is c1ccc2c(c1)cc(-c1nc(-n3c4ccccc4c4c5sc6ccccc6c5c5ccccc5c43)nc3c1sc1ccccc13)c1ccccc12.c1ccc2c(c1)ccc1cc(-c3nc(-n4c5ccccc5c5c6sc7ccccc7c6c6ccccc6c54)nc4c3sc3ccccc34)ccc12. The lowest BCUT2D eigenvalue weighted by atomic mass is 9.95. The molecule has 6 nitrogen and oxygen atoms in total. The molecule has 0 unspecified atom stereocenters. The molecule has 0 aliphatic carbocycles. The summed E-state index contributed by atoms with van der Waals surface area (Å²) in [5.41, 5.74) is 10.7. The lowest BCUT2D eigenvalue weighted by Gasteiger charge is -2.14. The number of fused-ring (bicyclic) bond motifs is 32. The normalized spacial score (nSPS) is 12.3. The Hall–Kier alpha value is -12.3. The van der Waals surface area contributed by atoms with E-state index in [0.717, 1.165) is 75.8 Å². The van der Waals surface area contributed by atoms with E-state index < -0.39 is 0 Å². The van der Waals surface area contributed by atoms with Gasteiger partial charge in [-0.2, -0.15) is 0 Å². The van der Waals surface area contributed by atoms with Crippen molar-refractivity contribution in [2.24, 2.45) is 0 Å². The Balaban J connectivity index is 0.000000126. The van der Waals surface area contributed by atoms with Crippen LogP contribution in [0.3, 0.4) is 0 Å². The first-order chi connectivity index (χ1) is 50.6. The Morgan fingerprint density at radius 1 is 0.225 bits per heavy atom. The molecule has 0 N–H and O–H groups in total. The third-order valence-corrected chi connectivity index (χ3v) is 25.9. The van der Waals surface area contributed by atoms with E-state index in [0.29, 0.717) is 11.9 Å². The molecule has 8 heterocycles. The zero-order chi connectivity index (χ0) is 66.4. The highest BCUT2D eigenvalue weighted by Gasteiger charge is 2.28. The molecule has 0 spiro atoms. The van der Waals surface area contributed by atoms with Gasteiger partial charge in [0.15, 0.2) is 0 Å². The fraction of sp³-hybridized carbons (Fsp3) is 0. The van der Waals surface area contributed by atoms with E-state index in [1.807, 2.05) is 22.7 Å². The molecule has 16 aromatic carbocycles. The van der Waals surface area contributed by atoms with Crippen LogP contribution in [0.5, 0.6) is 0 Å². The van der Waals surface area contributed by atoms with Gasteiger partial charge in [-0.15, -0.1) is 45.3 Å². The van der Waals surface area contributed by atoms with Crippen molar-refractivity contribution in [2.75, 3.05) is 0 Å². The van der Waals surface area contributed by atoms with E-state index in [1.165, 1.54) is 136 Å². The lowest BCUT2D eigenvalue weighted by Crippen LogP contribution is -2.03. The van der Waals surface area contributed by atoms with Gasteiger partial charge in [0, 0.05) is 104 Å². The summed E-state index contributed by atoms with van der Waals surface area (Å²) in [5.74, 6) is 1.38. The molecule has 0 aliphatic heterocycles. The standard InChI is InChI=1S/2C46H25N3S2/c1-2-12-29-26(11-1)21-22-27-25-28(23-24-30(27)29)41-45-42(35-17-7-10-20-38(35)51-45)48-46(47-41)49-36-18-8-5-15-33(36)40-43(49)32-14-4-3-13-31(32)39-34-16-6-9-19-37(34)50-44(39)40;1-2-14-27-26(13-1)25-35(29-16-4-3-15-28(27)29)42-45-41(34-21-9-12-24-38(34)51-45)47-46(48-42)49-36-22-10-7-19-32(36)40-43(49)31-18-6-5-17-30(31)39-33-20-8-11-23-37(33)50-44(39)40/h2*1-25H. The minimum absolute atomic E-state index is 0.690. The van der Waals surface area contributed by atoms with E-state index in [1.54, 1.807) is 22.7 Å². The number of nitrogens with zero attached hydrogens (tertiary/aromatic N) is 6. The number of aromatic nitrogens is 6. The van der Waals surface area contributed by atoms with Crippen molar-refractivity contribution < 1.29 is 0 Å². The predicted molar refractivity (Wildman–Crippen MR) is 440 cm³/mol. The smallest absolute Gasteiger partial charge is 0.235 e. The van der Waals surface area contributed by atoms with Crippen LogP contribution in [-0.4, -0.2) is 29.1 Å². The van der Waals surface area contributed by atoms with Gasteiger partial charge in [-0.25, -0.2) is 19.9 Å². The first kappa shape index (κ1) is 56.6. The zero-order valence-electron chi connectivity index (χ0n) is 54.2. The molecule has 0 aliphatic rings. The maximum atomic E-state index is 5.66. The maximum absolute atomic E-state index is 5.66. The largest absolute Gasteiger partial charge is 0.277 e. The van der Waals surface area contributed by atoms with E-state index >= 15 is 0 Å². The number of thiophene rings is 4. The Kier molecular flexibility index (Phi) is 12.0. The van der Waals surface area contributed by atoms with Gasteiger partial charge in [-0.1, -0.05) is 255 Å². The summed E-state index contributed by atoms with van der Waals surface area (Å²) >= 11 is 7.33. The summed E-state index contributed by atoms with van der Waals surface area (Å²) in [4.78, 5) is 22.3. The van der Waals surface area contributed by atoms with E-state index in [-0.39, 0.29) is 0 Å². The summed E-state index contributed by atoms with van der Waals surface area (Å²) in [6.45, 7) is 0. The van der Waals surface area contributed by atoms with Crippen LogP contribution in [0.25, 0.3) is 224 Å². The quantitative estimate of drug-likeness (QED) is 0.165. The third-order valence-electron chi connectivity index (χ3n) is 21.2. The molecule has 0 radical (unpaired) electrons. The molecular weight excluding hydrogens is 1320 g/mol. The fourth-order valence-electron chi connectivity index (χ4n) is 16.8. The van der Waals surface area contributed by atoms with Crippen LogP contribution in [0, 0.1) is 0 Å². The van der Waals surface area contributed by atoms with Crippen molar-refractivity contribution in [3.63, 3.8) is 0 Å². The van der Waals surface area contributed by atoms with Gasteiger partial charge in [0.05, 0.1) is 53.9 Å². The highest BCUT2D eigenvalue weighted by atomic mass is 32.1. The molecule has 24 rings (SSSR count). The highest BCUT2D eigenvalue weighted by Crippen LogP contribution is 2.52. The lowest BCUT2D eigenvalue weighted by molar-refractivity contribution is 1.02. The average Bonchev–Trinajstić information content (AvgIpc) is 1.54. The Bertz CT molecular complexity index is 7800. The van der Waals surface area contributed by atoms with Crippen molar-refractivity contribution >= 4 is 235 Å². The molecular formula is C92H50N6S4. The van der Waals surface area contributed by atoms with Gasteiger partial charge >= 0.3 is 0 Å². The van der Waals surface area contributed by atoms with Crippen LogP contribution in [0.4, 0.5) is 0 Å². The topological polar surface area (TPSA) is 61.4 Å². The molecule has 0 fully saturated rings. The first-order valence-electron chi connectivity index (χ1n) is 34.3. The van der Waals surface area contributed by atoms with Gasteiger partial charge in [-0.05, 0) is 102 Å². The highest BCUT2D eigenvalue weighted by molar-refractivity contribution is 7.28. The summed E-state index contributed by atoms with van der Waals surface area (Å²) in [7, 11) is 0. The first-order valence-corrected chi connectivity index (χ1v) is 37.6. The minimum atomic E-state index is 0.690. The number of benzene rings is 16. The van der Waals surface area contributed by atoms with Crippen LogP contribution in [0.15, 0.2) is 303 Å². The second kappa shape index (κ2) is 21.6. The molecule has 472 valence electrons. The van der Waals surface area contributed by atoms with Crippen LogP contribution in [-0.2, 0) is 0 Å². The number of rotatable bonds is 4. The van der Waals surface area contributed by atoms with Gasteiger partial charge in [-0.3, -0.25) is 9.13 Å². The molecule has 0 saturated heterocycles. The zero-order valence-corrected chi connectivity index (χ0v) is 57.4. The molecule has 0 atom stereocenters. The van der Waals surface area contributed by atoms with Crippen LogP contribution < -0.4 is 0 Å². The van der Waals surface area contributed by atoms with Crippen molar-refractivity contribution in [3.05, 3.63) is 303 Å². The summed E-state index contributed by atoms with van der Waals surface area (Å²) < 4.78 is 14.5. The van der Waals surface area contributed by atoms with Crippen LogP contribution in [0.1, 0.15) is 0 Å². The Labute approximate surface area is 596 Å². The van der Waals surface area contributed by atoms with E-state index in [2.05, 4.69) is 312 Å². The molecule has 102 heavy (non-hydrogen) atoms. The molecule has 10 heteroatoms. The van der Waals surface area contributed by atoms with Crippen LogP contribution >= 0.6 is 45.3 Å². The second-order valence-corrected chi connectivity index (χ2v) is 30.8. The summed E-state index contributed by atoms with van der Waals surface area (Å²) in [5, 5.41) is 27.3. The molecule has 24 aromatic rings. The fourth-order valence-corrected chi connectivity index (χ4v) is 21.7. The molecule has 0 saturated carbocycles. The number of hydrogen-bond donors (Lipinski definition) is 0. The van der Waals surface area contributed by atoms with Gasteiger partial charge in [0.1, 0.15) is 0 Å². The van der Waals surface area contributed by atoms with Crippen molar-refractivity contribution in [1.82, 2.24) is 29.1 Å². The van der Waals surface area contributed by atoms with E-state index in [4.69, 9.17) is 19.9 Å². The van der Waals surface area contributed by atoms with E-state index in [9.17, 15) is 0 Å². The minimum Gasteiger partial charge on any atom is -0.277 e.